The van der Waals surface area contributed by atoms with E-state index in [0.29, 0.717) is 11.0 Å². The predicted molar refractivity (Wildman–Crippen MR) is 122 cm³/mol. The zero-order valence-corrected chi connectivity index (χ0v) is 18.0. The number of carbonyl (C=O) groups excluding carboxylic acids is 1. The van der Waals surface area contributed by atoms with Gasteiger partial charge in [-0.3, -0.25) is 14.8 Å². The first-order chi connectivity index (χ1) is 14.7. The molecule has 0 atom stereocenters. The van der Waals surface area contributed by atoms with Crippen LogP contribution in [0.5, 0.6) is 0 Å². The second-order valence-corrected chi connectivity index (χ2v) is 8.70. The predicted octanol–water partition coefficient (Wildman–Crippen LogP) is 3.60. The van der Waals surface area contributed by atoms with E-state index >= 15 is 0 Å². The molecule has 0 unspecified atom stereocenters. The Morgan fingerprint density at radius 1 is 1.23 bits per heavy atom. The standard InChI is InChI=1S/C21H23N5O2S2/c27-20(15-30-21-23-19(24-25-21)8-7-18-2-1-13-29-18)22-17-5-3-16(4-6-17)14-26-9-11-28-12-10-26/h1-8,13H,9-12,14-15H2,(H,22,27)(H,23,24,25)/b8-7+. The number of hydrogen-bond acceptors (Lipinski definition) is 7. The average molecular weight is 442 g/mol. The normalized spacial score (nSPS) is 14.9. The van der Waals surface area contributed by atoms with Crippen LogP contribution in [0.25, 0.3) is 12.2 Å². The number of morpholine rings is 1. The van der Waals surface area contributed by atoms with E-state index in [2.05, 4.69) is 37.5 Å². The number of anilines is 1. The van der Waals surface area contributed by atoms with Crippen LogP contribution in [-0.2, 0) is 16.1 Å². The molecule has 156 valence electrons. The molecule has 1 aromatic carbocycles. The summed E-state index contributed by atoms with van der Waals surface area (Å²) in [7, 11) is 0. The smallest absolute Gasteiger partial charge is 0.234 e. The van der Waals surface area contributed by atoms with Crippen molar-refractivity contribution in [2.75, 3.05) is 37.4 Å². The maximum absolute atomic E-state index is 12.2. The number of nitrogens with zero attached hydrogens (tertiary/aromatic N) is 3. The lowest BCUT2D eigenvalue weighted by Gasteiger charge is -2.26. The summed E-state index contributed by atoms with van der Waals surface area (Å²) in [6.07, 6.45) is 3.86. The highest BCUT2D eigenvalue weighted by Crippen LogP contribution is 2.17. The summed E-state index contributed by atoms with van der Waals surface area (Å²) < 4.78 is 5.38. The van der Waals surface area contributed by atoms with Crippen molar-refractivity contribution in [2.45, 2.75) is 11.7 Å². The Morgan fingerprint density at radius 2 is 2.07 bits per heavy atom. The average Bonchev–Trinajstić information content (AvgIpc) is 3.45. The number of hydrogen-bond donors (Lipinski definition) is 2. The Kier molecular flexibility index (Phi) is 7.30. The van der Waals surface area contributed by atoms with Crippen LogP contribution in [0, 0.1) is 0 Å². The van der Waals surface area contributed by atoms with E-state index in [0.717, 1.165) is 43.4 Å². The van der Waals surface area contributed by atoms with Crippen LogP contribution >= 0.6 is 23.1 Å². The number of nitrogens with one attached hydrogen (secondary N) is 2. The van der Waals surface area contributed by atoms with Crippen LogP contribution in [0.3, 0.4) is 0 Å². The minimum Gasteiger partial charge on any atom is -0.379 e. The van der Waals surface area contributed by atoms with Crippen molar-refractivity contribution in [3.05, 3.63) is 58.0 Å². The van der Waals surface area contributed by atoms with Crippen LogP contribution in [0.1, 0.15) is 16.3 Å². The number of aromatic amines is 1. The quantitative estimate of drug-likeness (QED) is 0.520. The third-order valence-electron chi connectivity index (χ3n) is 4.51. The minimum absolute atomic E-state index is 0.0820. The molecule has 3 heterocycles. The number of carbonyl (C=O) groups is 1. The van der Waals surface area contributed by atoms with E-state index in [4.69, 9.17) is 4.74 Å². The van der Waals surface area contributed by atoms with Gasteiger partial charge in [-0.15, -0.1) is 16.4 Å². The zero-order valence-electron chi connectivity index (χ0n) is 16.4. The van der Waals surface area contributed by atoms with Crippen molar-refractivity contribution in [3.63, 3.8) is 0 Å². The number of amides is 1. The third-order valence-corrected chi connectivity index (χ3v) is 6.20. The van der Waals surface area contributed by atoms with Crippen molar-refractivity contribution in [1.29, 1.82) is 0 Å². The van der Waals surface area contributed by atoms with Gasteiger partial charge in [-0.25, -0.2) is 4.98 Å². The molecule has 9 heteroatoms. The van der Waals surface area contributed by atoms with Crippen LogP contribution in [0.15, 0.2) is 46.9 Å². The van der Waals surface area contributed by atoms with Crippen LogP contribution in [0.2, 0.25) is 0 Å². The first kappa shape index (κ1) is 20.8. The number of H-pyrrole nitrogens is 1. The maximum Gasteiger partial charge on any atom is 0.234 e. The Labute approximate surface area is 183 Å². The van der Waals surface area contributed by atoms with Gasteiger partial charge in [-0.05, 0) is 41.3 Å². The van der Waals surface area contributed by atoms with Gasteiger partial charge < -0.3 is 10.1 Å². The molecule has 0 aliphatic carbocycles. The molecule has 0 spiro atoms. The second-order valence-electron chi connectivity index (χ2n) is 6.77. The number of thioether (sulfide) groups is 1. The van der Waals surface area contributed by atoms with Crippen LogP contribution < -0.4 is 5.32 Å². The third kappa shape index (κ3) is 6.27. The van der Waals surface area contributed by atoms with Gasteiger partial charge in [0.25, 0.3) is 0 Å². The molecule has 1 amide bonds. The van der Waals surface area contributed by atoms with Gasteiger partial charge in [0.15, 0.2) is 0 Å². The fourth-order valence-electron chi connectivity index (χ4n) is 2.98. The molecule has 1 fully saturated rings. The van der Waals surface area contributed by atoms with Crippen molar-refractivity contribution in [2.24, 2.45) is 0 Å². The summed E-state index contributed by atoms with van der Waals surface area (Å²) in [5.41, 5.74) is 2.02. The van der Waals surface area contributed by atoms with Crippen molar-refractivity contribution >= 4 is 46.8 Å². The molecule has 2 N–H and O–H groups in total. The van der Waals surface area contributed by atoms with Crippen LogP contribution in [0.4, 0.5) is 5.69 Å². The topological polar surface area (TPSA) is 83.1 Å². The summed E-state index contributed by atoms with van der Waals surface area (Å²) in [6, 6.07) is 12.0. The van der Waals surface area contributed by atoms with Crippen LogP contribution in [-0.4, -0.2) is 58.0 Å². The summed E-state index contributed by atoms with van der Waals surface area (Å²) in [6.45, 7) is 4.42. The van der Waals surface area contributed by atoms with E-state index in [1.807, 2.05) is 41.8 Å². The molecular formula is C21H23N5O2S2. The van der Waals surface area contributed by atoms with Crippen molar-refractivity contribution in [3.8, 4) is 0 Å². The highest BCUT2D eigenvalue weighted by atomic mass is 32.2. The van der Waals surface area contributed by atoms with Gasteiger partial charge in [-0.1, -0.05) is 30.0 Å². The van der Waals surface area contributed by atoms with Gasteiger partial charge in [0.1, 0.15) is 5.82 Å². The van der Waals surface area contributed by atoms with Gasteiger partial charge in [0, 0.05) is 30.2 Å². The maximum atomic E-state index is 12.2. The largest absolute Gasteiger partial charge is 0.379 e. The summed E-state index contributed by atoms with van der Waals surface area (Å²) in [5, 5.41) is 12.5. The Balaban J connectivity index is 1.22. The molecule has 1 aliphatic rings. The minimum atomic E-state index is -0.0820. The summed E-state index contributed by atoms with van der Waals surface area (Å²) in [5.74, 6) is 0.838. The first-order valence-corrected chi connectivity index (χ1v) is 11.6. The lowest BCUT2D eigenvalue weighted by atomic mass is 10.2. The number of thiophene rings is 1. The Morgan fingerprint density at radius 3 is 2.83 bits per heavy atom. The Hall–Kier alpha value is -2.46. The summed E-state index contributed by atoms with van der Waals surface area (Å²) >= 11 is 2.96. The van der Waals surface area contributed by atoms with Gasteiger partial charge in [0.2, 0.25) is 11.1 Å². The molecule has 0 bridgehead atoms. The monoisotopic (exact) mass is 441 g/mol. The Bertz CT molecular complexity index is 964. The number of benzene rings is 1. The van der Waals surface area contributed by atoms with Gasteiger partial charge >= 0.3 is 0 Å². The fraction of sp³-hybridized carbons (Fsp3) is 0.286. The van der Waals surface area contributed by atoms with Gasteiger partial charge in [-0.2, -0.15) is 0 Å². The zero-order chi connectivity index (χ0) is 20.6. The summed E-state index contributed by atoms with van der Waals surface area (Å²) in [4.78, 5) is 20.1. The molecule has 0 saturated carbocycles. The number of aromatic nitrogens is 3. The molecule has 1 saturated heterocycles. The molecule has 1 aliphatic heterocycles. The second kappa shape index (κ2) is 10.5. The van der Waals surface area contributed by atoms with Gasteiger partial charge in [0.05, 0.1) is 19.0 Å². The molecule has 7 nitrogen and oxygen atoms in total. The number of rotatable bonds is 8. The molecular weight excluding hydrogens is 418 g/mol. The SMILES string of the molecule is O=C(CSc1n[nH]c(/C=C/c2cccs2)n1)Nc1ccc(CN2CCOCC2)cc1. The molecule has 3 aromatic rings. The molecule has 30 heavy (non-hydrogen) atoms. The van der Waals surface area contributed by atoms with E-state index in [1.165, 1.54) is 17.3 Å². The molecule has 2 aromatic heterocycles. The van der Waals surface area contributed by atoms with E-state index in [1.54, 1.807) is 11.3 Å². The van der Waals surface area contributed by atoms with Crippen molar-refractivity contribution < 1.29 is 9.53 Å². The lowest BCUT2D eigenvalue weighted by Crippen LogP contribution is -2.35. The molecule has 0 radical (unpaired) electrons. The lowest BCUT2D eigenvalue weighted by molar-refractivity contribution is -0.113. The fourth-order valence-corrected chi connectivity index (χ4v) is 4.21. The van der Waals surface area contributed by atoms with E-state index < -0.39 is 0 Å². The molecule has 4 rings (SSSR count). The first-order valence-electron chi connectivity index (χ1n) is 9.70. The van der Waals surface area contributed by atoms with Crippen molar-refractivity contribution in [1.82, 2.24) is 20.1 Å². The van der Waals surface area contributed by atoms with E-state index in [9.17, 15) is 4.79 Å². The van der Waals surface area contributed by atoms with E-state index in [-0.39, 0.29) is 11.7 Å². The highest BCUT2D eigenvalue weighted by Gasteiger charge is 2.11. The number of ether oxygens (including phenoxy) is 1. The highest BCUT2D eigenvalue weighted by molar-refractivity contribution is 7.99.